The minimum Gasteiger partial charge on any atom is -0.409 e. The fourth-order valence-electron chi connectivity index (χ4n) is 3.04. The van der Waals surface area contributed by atoms with Crippen LogP contribution in [-0.2, 0) is 4.79 Å². The van der Waals surface area contributed by atoms with Crippen LogP contribution in [0, 0.1) is 11.3 Å². The molecule has 5 heteroatoms. The van der Waals surface area contributed by atoms with E-state index in [1.54, 1.807) is 0 Å². The van der Waals surface area contributed by atoms with Gasteiger partial charge in [0.25, 0.3) is 0 Å². The molecule has 0 radical (unpaired) electrons. The normalized spacial score (nSPS) is 20.9. The Labute approximate surface area is 128 Å². The van der Waals surface area contributed by atoms with Gasteiger partial charge < -0.3 is 16.3 Å². The Morgan fingerprint density at radius 2 is 1.76 bits per heavy atom. The molecule has 1 amide bonds. The highest BCUT2D eigenvalue weighted by molar-refractivity contribution is 6.06. The number of oxime groups is 1. The van der Waals surface area contributed by atoms with Crippen LogP contribution in [0.4, 0.5) is 0 Å². The summed E-state index contributed by atoms with van der Waals surface area (Å²) in [6.07, 6.45) is 7.49. The number of hydrogen-bond donors (Lipinski definition) is 3. The highest BCUT2D eigenvalue weighted by atomic mass is 16.4. The van der Waals surface area contributed by atoms with Gasteiger partial charge in [-0.2, -0.15) is 0 Å². The van der Waals surface area contributed by atoms with Gasteiger partial charge in [0.05, 0.1) is 0 Å². The predicted molar refractivity (Wildman–Crippen MR) is 85.2 cm³/mol. The zero-order valence-corrected chi connectivity index (χ0v) is 13.7. The van der Waals surface area contributed by atoms with E-state index in [-0.39, 0.29) is 17.8 Å². The van der Waals surface area contributed by atoms with Gasteiger partial charge in [0.1, 0.15) is 5.41 Å². The average Bonchev–Trinajstić information content (AvgIpc) is 2.71. The molecule has 4 N–H and O–H groups in total. The van der Waals surface area contributed by atoms with E-state index in [0.29, 0.717) is 18.8 Å². The van der Waals surface area contributed by atoms with Crippen LogP contribution < -0.4 is 11.1 Å². The molecule has 1 unspecified atom stereocenters. The number of nitrogens with zero attached hydrogens (tertiary/aromatic N) is 1. The second-order valence-corrected chi connectivity index (χ2v) is 6.83. The Bertz CT molecular complexity index is 359. The molecule has 1 aliphatic rings. The smallest absolute Gasteiger partial charge is 0.234 e. The van der Waals surface area contributed by atoms with Crippen LogP contribution in [0.2, 0.25) is 0 Å². The summed E-state index contributed by atoms with van der Waals surface area (Å²) >= 11 is 0. The first-order valence-corrected chi connectivity index (χ1v) is 8.21. The van der Waals surface area contributed by atoms with E-state index < -0.39 is 5.41 Å². The molecule has 0 aromatic rings. The molecular weight excluding hydrogens is 266 g/mol. The molecule has 5 nitrogen and oxygen atoms in total. The summed E-state index contributed by atoms with van der Waals surface area (Å²) in [6.45, 7) is 6.38. The van der Waals surface area contributed by atoms with Crippen molar-refractivity contribution in [3.8, 4) is 0 Å². The Morgan fingerprint density at radius 3 is 2.24 bits per heavy atom. The van der Waals surface area contributed by atoms with Crippen LogP contribution in [0.15, 0.2) is 5.16 Å². The molecule has 122 valence electrons. The van der Waals surface area contributed by atoms with Gasteiger partial charge >= 0.3 is 0 Å². The number of nitrogens with two attached hydrogens (primary N) is 1. The van der Waals surface area contributed by atoms with Crippen LogP contribution in [-0.4, -0.2) is 23.0 Å². The van der Waals surface area contributed by atoms with Gasteiger partial charge in [-0.15, -0.1) is 0 Å². The van der Waals surface area contributed by atoms with E-state index in [1.165, 1.54) is 0 Å². The zero-order valence-electron chi connectivity index (χ0n) is 13.7. The minimum absolute atomic E-state index is 0.0676. The number of carbonyl (C=O) groups is 1. The first kappa shape index (κ1) is 17.8. The van der Waals surface area contributed by atoms with Crippen LogP contribution >= 0.6 is 0 Å². The first-order valence-electron chi connectivity index (χ1n) is 8.21. The SMILES string of the molecule is CC(C)CCC(C)NC(=O)C1(C(N)=NO)CCCCCC1. The summed E-state index contributed by atoms with van der Waals surface area (Å²) in [6, 6.07) is 0.117. The molecule has 1 fully saturated rings. The van der Waals surface area contributed by atoms with E-state index in [2.05, 4.69) is 24.3 Å². The fraction of sp³-hybridized carbons (Fsp3) is 0.875. The number of carbonyl (C=O) groups excluding carboxylic acids is 1. The van der Waals surface area contributed by atoms with E-state index >= 15 is 0 Å². The molecule has 0 aliphatic heterocycles. The number of amides is 1. The quantitative estimate of drug-likeness (QED) is 0.231. The molecule has 1 rings (SSSR count). The highest BCUT2D eigenvalue weighted by Gasteiger charge is 2.43. The predicted octanol–water partition coefficient (Wildman–Crippen LogP) is 3.01. The molecule has 1 atom stereocenters. The van der Waals surface area contributed by atoms with Crippen molar-refractivity contribution in [2.45, 2.75) is 78.2 Å². The maximum absolute atomic E-state index is 12.7. The van der Waals surface area contributed by atoms with Crippen molar-refractivity contribution in [1.82, 2.24) is 5.32 Å². The number of rotatable bonds is 6. The van der Waals surface area contributed by atoms with Crippen LogP contribution in [0.25, 0.3) is 0 Å². The summed E-state index contributed by atoms with van der Waals surface area (Å²) in [4.78, 5) is 12.7. The number of amidine groups is 1. The van der Waals surface area contributed by atoms with Crippen molar-refractivity contribution in [2.24, 2.45) is 22.2 Å². The lowest BCUT2D eigenvalue weighted by Gasteiger charge is -2.31. The number of hydrogen-bond acceptors (Lipinski definition) is 3. The summed E-state index contributed by atoms with van der Waals surface area (Å²) in [5.41, 5.74) is 5.07. The van der Waals surface area contributed by atoms with E-state index in [1.807, 2.05) is 6.92 Å². The third-order valence-electron chi connectivity index (χ3n) is 4.54. The van der Waals surface area contributed by atoms with E-state index in [0.717, 1.165) is 38.5 Å². The van der Waals surface area contributed by atoms with Gasteiger partial charge in [0, 0.05) is 6.04 Å². The second-order valence-electron chi connectivity index (χ2n) is 6.83. The van der Waals surface area contributed by atoms with Crippen molar-refractivity contribution in [3.63, 3.8) is 0 Å². The van der Waals surface area contributed by atoms with E-state index in [9.17, 15) is 4.79 Å². The Hall–Kier alpha value is -1.26. The standard InChI is InChI=1S/C16H31N3O2/c1-12(2)8-9-13(3)18-15(20)16(14(17)19-21)10-6-4-5-7-11-16/h12-13,21H,4-11H2,1-3H3,(H2,17,19)(H,18,20). The summed E-state index contributed by atoms with van der Waals surface area (Å²) < 4.78 is 0. The molecule has 0 bridgehead atoms. The first-order chi connectivity index (χ1) is 9.92. The molecule has 0 heterocycles. The zero-order chi connectivity index (χ0) is 15.9. The lowest BCUT2D eigenvalue weighted by atomic mass is 9.78. The lowest BCUT2D eigenvalue weighted by Crippen LogP contribution is -2.51. The highest BCUT2D eigenvalue weighted by Crippen LogP contribution is 2.36. The maximum Gasteiger partial charge on any atom is 0.234 e. The Morgan fingerprint density at radius 1 is 1.19 bits per heavy atom. The fourth-order valence-corrected chi connectivity index (χ4v) is 3.04. The largest absolute Gasteiger partial charge is 0.409 e. The number of nitrogens with one attached hydrogen (secondary N) is 1. The third-order valence-corrected chi connectivity index (χ3v) is 4.54. The lowest BCUT2D eigenvalue weighted by molar-refractivity contribution is -0.129. The minimum atomic E-state index is -0.822. The van der Waals surface area contributed by atoms with Crippen molar-refractivity contribution >= 4 is 11.7 Å². The van der Waals surface area contributed by atoms with Crippen molar-refractivity contribution in [1.29, 1.82) is 0 Å². The van der Waals surface area contributed by atoms with Gasteiger partial charge in [-0.25, -0.2) is 0 Å². The molecule has 21 heavy (non-hydrogen) atoms. The van der Waals surface area contributed by atoms with E-state index in [4.69, 9.17) is 10.9 Å². The Kier molecular flexibility index (Phi) is 6.99. The van der Waals surface area contributed by atoms with Crippen molar-refractivity contribution < 1.29 is 10.0 Å². The summed E-state index contributed by atoms with van der Waals surface area (Å²) in [5, 5.41) is 15.3. The van der Waals surface area contributed by atoms with Gasteiger partial charge in [-0.05, 0) is 38.5 Å². The molecular formula is C16H31N3O2. The average molecular weight is 297 g/mol. The molecule has 0 spiro atoms. The topological polar surface area (TPSA) is 87.7 Å². The second kappa shape index (κ2) is 8.25. The van der Waals surface area contributed by atoms with Crippen molar-refractivity contribution in [2.75, 3.05) is 0 Å². The van der Waals surface area contributed by atoms with Gasteiger partial charge in [0.2, 0.25) is 5.91 Å². The van der Waals surface area contributed by atoms with Gasteiger partial charge in [-0.3, -0.25) is 4.79 Å². The molecule has 1 aliphatic carbocycles. The van der Waals surface area contributed by atoms with Crippen LogP contribution in [0.3, 0.4) is 0 Å². The molecule has 0 saturated heterocycles. The van der Waals surface area contributed by atoms with Gasteiger partial charge in [-0.1, -0.05) is 44.7 Å². The molecule has 0 aromatic carbocycles. The third kappa shape index (κ3) is 4.90. The molecule has 0 aromatic heterocycles. The Balaban J connectivity index is 2.76. The summed E-state index contributed by atoms with van der Waals surface area (Å²) in [7, 11) is 0. The molecule has 1 saturated carbocycles. The summed E-state index contributed by atoms with van der Waals surface area (Å²) in [5.74, 6) is 0.620. The van der Waals surface area contributed by atoms with Crippen LogP contribution in [0.5, 0.6) is 0 Å². The monoisotopic (exact) mass is 297 g/mol. The maximum atomic E-state index is 12.7. The van der Waals surface area contributed by atoms with Crippen molar-refractivity contribution in [3.05, 3.63) is 0 Å². The van der Waals surface area contributed by atoms with Gasteiger partial charge in [0.15, 0.2) is 5.84 Å². The van der Waals surface area contributed by atoms with Crippen LogP contribution in [0.1, 0.15) is 72.1 Å².